The third-order valence-corrected chi connectivity index (χ3v) is 3.00. The van der Waals surface area contributed by atoms with E-state index in [1.807, 2.05) is 0 Å². The Morgan fingerprint density at radius 3 is 2.53 bits per heavy atom. The average Bonchev–Trinajstić information content (AvgIpc) is 2.65. The van der Waals surface area contributed by atoms with Gasteiger partial charge in [0.05, 0.1) is 7.11 Å². The first-order valence-corrected chi connectivity index (χ1v) is 5.58. The number of halogens is 3. The second-order valence-corrected chi connectivity index (χ2v) is 4.21. The first-order chi connectivity index (χ1) is 8.86. The number of esters is 1. The van der Waals surface area contributed by atoms with Crippen molar-refractivity contribution in [2.75, 3.05) is 7.11 Å². The third kappa shape index (κ3) is 2.30. The number of aromatic amines is 1. The number of H-pyrrole nitrogens is 1. The lowest BCUT2D eigenvalue weighted by atomic mass is 9.95. The zero-order valence-electron chi connectivity index (χ0n) is 10.3. The minimum absolute atomic E-state index is 0.0741. The minimum Gasteiger partial charge on any atom is -0.468 e. The molecule has 102 valence electrons. The molecular formula is C13H12F3NO2. The van der Waals surface area contributed by atoms with Crippen LogP contribution in [-0.2, 0) is 9.53 Å². The molecule has 0 aliphatic heterocycles. The zero-order valence-corrected chi connectivity index (χ0v) is 10.3. The fraction of sp³-hybridized carbons (Fsp3) is 0.308. The molecule has 0 spiro atoms. The van der Waals surface area contributed by atoms with Gasteiger partial charge in [0.15, 0.2) is 5.92 Å². The summed E-state index contributed by atoms with van der Waals surface area (Å²) in [5, 5.41) is 0.382. The number of hydrogen-bond donors (Lipinski definition) is 1. The summed E-state index contributed by atoms with van der Waals surface area (Å²) in [4.78, 5) is 14.3. The molecule has 0 amide bonds. The Labute approximate surface area is 107 Å². The maximum atomic E-state index is 13.1. The molecule has 2 aromatic rings. The fourth-order valence-corrected chi connectivity index (χ4v) is 2.20. The number of hydrogen-bond acceptors (Lipinski definition) is 2. The monoisotopic (exact) mass is 271 g/mol. The molecule has 1 atom stereocenters. The van der Waals surface area contributed by atoms with Crippen LogP contribution in [0.1, 0.15) is 17.2 Å². The van der Waals surface area contributed by atoms with Gasteiger partial charge in [0.2, 0.25) is 0 Å². The molecule has 0 bridgehead atoms. The highest BCUT2D eigenvalue weighted by Gasteiger charge is 2.48. The zero-order chi connectivity index (χ0) is 14.2. The molecule has 2 rings (SSSR count). The maximum Gasteiger partial charge on any atom is 0.406 e. The van der Waals surface area contributed by atoms with Crippen molar-refractivity contribution >= 4 is 16.9 Å². The Morgan fingerprint density at radius 1 is 1.32 bits per heavy atom. The summed E-state index contributed by atoms with van der Waals surface area (Å²) in [6.45, 7) is 1.51. The molecule has 1 aromatic carbocycles. The predicted molar refractivity (Wildman–Crippen MR) is 63.8 cm³/mol. The van der Waals surface area contributed by atoms with Crippen molar-refractivity contribution in [2.24, 2.45) is 0 Å². The lowest BCUT2D eigenvalue weighted by Crippen LogP contribution is -2.29. The fourth-order valence-electron chi connectivity index (χ4n) is 2.20. The average molecular weight is 271 g/mol. The van der Waals surface area contributed by atoms with Crippen molar-refractivity contribution in [3.8, 4) is 0 Å². The van der Waals surface area contributed by atoms with Gasteiger partial charge >= 0.3 is 12.1 Å². The number of methoxy groups -OCH3 is 1. The van der Waals surface area contributed by atoms with Crippen LogP contribution in [0.5, 0.6) is 0 Å². The van der Waals surface area contributed by atoms with Gasteiger partial charge in [0.25, 0.3) is 0 Å². The molecule has 1 aromatic heterocycles. The maximum absolute atomic E-state index is 13.1. The molecule has 1 unspecified atom stereocenters. The summed E-state index contributed by atoms with van der Waals surface area (Å²) >= 11 is 0. The van der Waals surface area contributed by atoms with Gasteiger partial charge in [0.1, 0.15) is 0 Å². The summed E-state index contributed by atoms with van der Waals surface area (Å²) in [6, 6.07) is 6.55. The summed E-state index contributed by atoms with van der Waals surface area (Å²) < 4.78 is 43.6. The van der Waals surface area contributed by atoms with Crippen molar-refractivity contribution in [2.45, 2.75) is 19.0 Å². The van der Waals surface area contributed by atoms with Crippen molar-refractivity contribution < 1.29 is 22.7 Å². The summed E-state index contributed by atoms with van der Waals surface area (Å²) in [6.07, 6.45) is -4.69. The van der Waals surface area contributed by atoms with Gasteiger partial charge in [0, 0.05) is 22.2 Å². The van der Waals surface area contributed by atoms with Gasteiger partial charge < -0.3 is 9.72 Å². The Kier molecular flexibility index (Phi) is 3.26. The molecule has 0 aliphatic rings. The van der Waals surface area contributed by atoms with Crippen molar-refractivity contribution in [1.29, 1.82) is 0 Å². The molecule has 0 saturated heterocycles. The summed E-state index contributed by atoms with van der Waals surface area (Å²) in [5.41, 5.74) is 0.803. The van der Waals surface area contributed by atoms with Gasteiger partial charge in [-0.1, -0.05) is 18.2 Å². The molecular weight excluding hydrogens is 259 g/mol. The molecule has 3 nitrogen and oxygen atoms in total. The Hall–Kier alpha value is -1.98. The number of nitrogens with one attached hydrogen (secondary N) is 1. The molecule has 0 saturated carbocycles. The molecule has 6 heteroatoms. The molecule has 0 fully saturated rings. The third-order valence-electron chi connectivity index (χ3n) is 3.00. The molecule has 1 N–H and O–H groups in total. The van der Waals surface area contributed by atoms with Crippen LogP contribution >= 0.6 is 0 Å². The second kappa shape index (κ2) is 4.60. The quantitative estimate of drug-likeness (QED) is 0.851. The van der Waals surface area contributed by atoms with Crippen LogP contribution in [0.15, 0.2) is 24.3 Å². The first-order valence-electron chi connectivity index (χ1n) is 5.58. The summed E-state index contributed by atoms with van der Waals surface area (Å²) in [7, 11) is 0.950. The standard InChI is InChI=1S/C13H12F3NO2/c1-7-10(8-5-3-4-6-9(8)17-7)11(12(18)19-2)13(14,15)16/h3-6,11,17H,1-2H3. The van der Waals surface area contributed by atoms with E-state index in [9.17, 15) is 18.0 Å². The van der Waals surface area contributed by atoms with Gasteiger partial charge in [-0.05, 0) is 13.0 Å². The van der Waals surface area contributed by atoms with E-state index in [0.29, 0.717) is 16.6 Å². The van der Waals surface area contributed by atoms with Crippen LogP contribution in [0.4, 0.5) is 13.2 Å². The number of aryl methyl sites for hydroxylation is 1. The SMILES string of the molecule is COC(=O)C(c1c(C)[nH]c2ccccc12)C(F)(F)F. The number of carbonyl (C=O) groups is 1. The highest BCUT2D eigenvalue weighted by atomic mass is 19.4. The second-order valence-electron chi connectivity index (χ2n) is 4.21. The smallest absolute Gasteiger partial charge is 0.406 e. The van der Waals surface area contributed by atoms with Crippen molar-refractivity contribution in [3.63, 3.8) is 0 Å². The van der Waals surface area contributed by atoms with E-state index in [-0.39, 0.29) is 5.56 Å². The first kappa shape index (κ1) is 13.5. The highest BCUT2D eigenvalue weighted by molar-refractivity contribution is 5.91. The lowest BCUT2D eigenvalue weighted by molar-refractivity contribution is -0.179. The van der Waals surface area contributed by atoms with Crippen LogP contribution in [0.2, 0.25) is 0 Å². The van der Waals surface area contributed by atoms with Crippen LogP contribution in [0.25, 0.3) is 10.9 Å². The molecule has 1 heterocycles. The van der Waals surface area contributed by atoms with E-state index in [1.54, 1.807) is 24.3 Å². The molecule has 0 radical (unpaired) electrons. The minimum atomic E-state index is -4.69. The van der Waals surface area contributed by atoms with Crippen LogP contribution < -0.4 is 0 Å². The van der Waals surface area contributed by atoms with E-state index in [0.717, 1.165) is 7.11 Å². The van der Waals surface area contributed by atoms with Gasteiger partial charge in [-0.3, -0.25) is 4.79 Å². The largest absolute Gasteiger partial charge is 0.468 e. The van der Waals surface area contributed by atoms with Crippen molar-refractivity contribution in [3.05, 3.63) is 35.5 Å². The van der Waals surface area contributed by atoms with Crippen molar-refractivity contribution in [1.82, 2.24) is 4.98 Å². The Balaban J connectivity index is 2.69. The number of ether oxygens (including phenoxy) is 1. The van der Waals surface area contributed by atoms with Crippen LogP contribution in [-0.4, -0.2) is 24.2 Å². The Bertz CT molecular complexity index is 616. The van der Waals surface area contributed by atoms with Gasteiger partial charge in [-0.15, -0.1) is 0 Å². The van der Waals surface area contributed by atoms with E-state index >= 15 is 0 Å². The number of carbonyl (C=O) groups excluding carboxylic acids is 1. The normalized spacial score (nSPS) is 13.5. The van der Waals surface area contributed by atoms with Crippen LogP contribution in [0.3, 0.4) is 0 Å². The van der Waals surface area contributed by atoms with E-state index in [4.69, 9.17) is 0 Å². The van der Waals surface area contributed by atoms with E-state index in [1.165, 1.54) is 6.92 Å². The molecule has 0 aliphatic carbocycles. The van der Waals surface area contributed by atoms with E-state index < -0.39 is 18.1 Å². The number of aromatic nitrogens is 1. The number of fused-ring (bicyclic) bond motifs is 1. The Morgan fingerprint density at radius 2 is 1.95 bits per heavy atom. The van der Waals surface area contributed by atoms with Gasteiger partial charge in [-0.2, -0.15) is 13.2 Å². The highest BCUT2D eigenvalue weighted by Crippen LogP contribution is 2.40. The van der Waals surface area contributed by atoms with E-state index in [2.05, 4.69) is 9.72 Å². The number of para-hydroxylation sites is 1. The number of rotatable bonds is 2. The molecule has 19 heavy (non-hydrogen) atoms. The van der Waals surface area contributed by atoms with Gasteiger partial charge in [-0.25, -0.2) is 0 Å². The summed E-state index contributed by atoms with van der Waals surface area (Å²) in [5.74, 6) is -3.57. The lowest BCUT2D eigenvalue weighted by Gasteiger charge is -2.18. The number of benzene rings is 1. The predicted octanol–water partition coefficient (Wildman–Crippen LogP) is 3.30. The topological polar surface area (TPSA) is 42.1 Å². The van der Waals surface area contributed by atoms with Crippen LogP contribution in [0, 0.1) is 6.92 Å². The number of alkyl halides is 3.